The van der Waals surface area contributed by atoms with E-state index in [0.717, 1.165) is 0 Å². The molecule has 0 aliphatic carbocycles. The Morgan fingerprint density at radius 1 is 1.37 bits per heavy atom. The highest BCUT2D eigenvalue weighted by Gasteiger charge is 2.11. The van der Waals surface area contributed by atoms with Crippen molar-refractivity contribution in [1.29, 1.82) is 0 Å². The van der Waals surface area contributed by atoms with Crippen molar-refractivity contribution in [2.45, 2.75) is 0 Å². The summed E-state index contributed by atoms with van der Waals surface area (Å²) in [5.74, 6) is 0.609. The molecule has 0 saturated carbocycles. The van der Waals surface area contributed by atoms with E-state index in [2.05, 4.69) is 10.3 Å². The van der Waals surface area contributed by atoms with Gasteiger partial charge in [0, 0.05) is 23.0 Å². The van der Waals surface area contributed by atoms with E-state index in [1.807, 2.05) is 0 Å². The third-order valence-corrected chi connectivity index (χ3v) is 2.70. The Balaban J connectivity index is 2.20. The number of nitrogens with two attached hydrogens (primary N) is 1. The van der Waals surface area contributed by atoms with Gasteiger partial charge in [-0.25, -0.2) is 4.98 Å². The number of ether oxygens (including phenoxy) is 1. The number of carbonyl (C=O) groups is 1. The molecule has 0 unspecified atom stereocenters. The molecule has 3 N–H and O–H groups in total. The van der Waals surface area contributed by atoms with Crippen LogP contribution in [-0.2, 0) is 0 Å². The van der Waals surface area contributed by atoms with Crippen molar-refractivity contribution < 1.29 is 9.53 Å². The maximum atomic E-state index is 12.0. The van der Waals surface area contributed by atoms with Crippen LogP contribution >= 0.6 is 11.6 Å². The first-order valence-electron chi connectivity index (χ1n) is 5.46. The number of carbonyl (C=O) groups excluding carboxylic acids is 1. The van der Waals surface area contributed by atoms with Gasteiger partial charge < -0.3 is 15.8 Å². The van der Waals surface area contributed by atoms with E-state index in [4.69, 9.17) is 22.1 Å². The van der Waals surface area contributed by atoms with Crippen LogP contribution in [0.4, 0.5) is 11.5 Å². The van der Waals surface area contributed by atoms with Gasteiger partial charge in [-0.1, -0.05) is 11.6 Å². The highest BCUT2D eigenvalue weighted by atomic mass is 35.5. The zero-order valence-electron chi connectivity index (χ0n) is 10.2. The molecular formula is C13H12ClN3O2. The Morgan fingerprint density at radius 3 is 2.79 bits per heavy atom. The Labute approximate surface area is 115 Å². The Bertz CT molecular complexity index is 617. The number of benzene rings is 1. The normalized spacial score (nSPS) is 10.0. The second-order valence-electron chi connectivity index (χ2n) is 3.77. The van der Waals surface area contributed by atoms with Gasteiger partial charge in [0.1, 0.15) is 11.6 Å². The molecule has 0 atom stereocenters. The molecule has 2 aromatic rings. The number of methoxy groups -OCH3 is 1. The number of nitrogens with zero attached hydrogens (tertiary/aromatic N) is 1. The molecule has 1 aromatic carbocycles. The van der Waals surface area contributed by atoms with Gasteiger partial charge in [0.2, 0.25) is 0 Å². The molecule has 1 heterocycles. The maximum absolute atomic E-state index is 12.0. The monoisotopic (exact) mass is 277 g/mol. The first-order chi connectivity index (χ1) is 9.10. The van der Waals surface area contributed by atoms with Gasteiger partial charge in [0.15, 0.2) is 0 Å². The number of pyridine rings is 1. The Morgan fingerprint density at radius 2 is 2.16 bits per heavy atom. The molecule has 0 spiro atoms. The zero-order chi connectivity index (χ0) is 13.8. The molecule has 5 nitrogen and oxygen atoms in total. The van der Waals surface area contributed by atoms with Gasteiger partial charge in [0.25, 0.3) is 5.91 Å². The molecule has 0 bridgehead atoms. The summed E-state index contributed by atoms with van der Waals surface area (Å²) in [5, 5.41) is 3.12. The van der Waals surface area contributed by atoms with Crippen molar-refractivity contribution >= 4 is 29.0 Å². The first-order valence-corrected chi connectivity index (χ1v) is 5.84. The topological polar surface area (TPSA) is 77.2 Å². The number of hydrogen-bond donors (Lipinski definition) is 2. The number of nitrogens with one attached hydrogen (secondary N) is 1. The van der Waals surface area contributed by atoms with Gasteiger partial charge in [-0.2, -0.15) is 0 Å². The lowest BCUT2D eigenvalue weighted by Crippen LogP contribution is -2.14. The molecule has 0 aliphatic rings. The van der Waals surface area contributed by atoms with Gasteiger partial charge in [-0.3, -0.25) is 4.79 Å². The third kappa shape index (κ3) is 3.14. The number of anilines is 2. The Hall–Kier alpha value is -2.27. The minimum absolute atomic E-state index is 0.332. The highest BCUT2D eigenvalue weighted by molar-refractivity contribution is 6.30. The summed E-state index contributed by atoms with van der Waals surface area (Å²) >= 11 is 5.81. The summed E-state index contributed by atoms with van der Waals surface area (Å²) in [6, 6.07) is 8.02. The fourth-order valence-electron chi connectivity index (χ4n) is 1.53. The van der Waals surface area contributed by atoms with Crippen LogP contribution in [0.3, 0.4) is 0 Å². The maximum Gasteiger partial charge on any atom is 0.258 e. The van der Waals surface area contributed by atoms with Crippen LogP contribution < -0.4 is 15.8 Å². The number of halogens is 1. The largest absolute Gasteiger partial charge is 0.497 e. The number of nitrogen functional groups attached to an aromatic ring is 1. The predicted octanol–water partition coefficient (Wildman–Crippen LogP) is 2.58. The lowest BCUT2D eigenvalue weighted by molar-refractivity contribution is 0.102. The van der Waals surface area contributed by atoms with E-state index < -0.39 is 0 Å². The van der Waals surface area contributed by atoms with Crippen molar-refractivity contribution in [3.63, 3.8) is 0 Å². The lowest BCUT2D eigenvalue weighted by atomic mass is 10.1. The van der Waals surface area contributed by atoms with Crippen LogP contribution in [0.2, 0.25) is 5.02 Å². The molecule has 98 valence electrons. The first kappa shape index (κ1) is 13.2. The van der Waals surface area contributed by atoms with Crippen LogP contribution in [0.5, 0.6) is 5.75 Å². The summed E-state index contributed by atoms with van der Waals surface area (Å²) in [6.45, 7) is 0. The van der Waals surface area contributed by atoms with Crippen molar-refractivity contribution in [1.82, 2.24) is 4.98 Å². The van der Waals surface area contributed by atoms with Gasteiger partial charge in [0.05, 0.1) is 12.7 Å². The van der Waals surface area contributed by atoms with E-state index in [0.29, 0.717) is 27.8 Å². The fourth-order valence-corrected chi connectivity index (χ4v) is 1.69. The highest BCUT2D eigenvalue weighted by Crippen LogP contribution is 2.21. The second kappa shape index (κ2) is 5.58. The molecule has 0 fully saturated rings. The van der Waals surface area contributed by atoms with Crippen LogP contribution in [0, 0.1) is 0 Å². The molecule has 0 saturated heterocycles. The number of aromatic nitrogens is 1. The molecule has 1 amide bonds. The van der Waals surface area contributed by atoms with E-state index in [-0.39, 0.29) is 5.91 Å². The van der Waals surface area contributed by atoms with Crippen LogP contribution in [-0.4, -0.2) is 18.0 Å². The molecule has 1 aromatic heterocycles. The van der Waals surface area contributed by atoms with Crippen molar-refractivity contribution in [3.05, 3.63) is 47.1 Å². The average Bonchev–Trinajstić information content (AvgIpc) is 2.38. The Kier molecular flexibility index (Phi) is 3.87. The smallest absolute Gasteiger partial charge is 0.258 e. The number of hydrogen-bond acceptors (Lipinski definition) is 4. The molecule has 6 heteroatoms. The summed E-state index contributed by atoms with van der Waals surface area (Å²) in [6.07, 6.45) is 1.51. The average molecular weight is 278 g/mol. The molecular weight excluding hydrogens is 266 g/mol. The zero-order valence-corrected chi connectivity index (χ0v) is 10.9. The van der Waals surface area contributed by atoms with Gasteiger partial charge in [-0.05, 0) is 24.3 Å². The second-order valence-corrected chi connectivity index (χ2v) is 4.20. The molecule has 0 aliphatic heterocycles. The number of rotatable bonds is 3. The van der Waals surface area contributed by atoms with Crippen molar-refractivity contribution in [2.75, 3.05) is 18.2 Å². The van der Waals surface area contributed by atoms with E-state index in [1.165, 1.54) is 13.3 Å². The minimum Gasteiger partial charge on any atom is -0.497 e. The summed E-state index contributed by atoms with van der Waals surface area (Å²) in [7, 11) is 1.53. The molecule has 0 radical (unpaired) electrons. The predicted molar refractivity (Wildman–Crippen MR) is 74.6 cm³/mol. The van der Waals surface area contributed by atoms with E-state index >= 15 is 0 Å². The van der Waals surface area contributed by atoms with Gasteiger partial charge in [-0.15, -0.1) is 0 Å². The summed E-state index contributed by atoms with van der Waals surface area (Å²) in [4.78, 5) is 16.0. The molecule has 2 rings (SSSR count). The lowest BCUT2D eigenvalue weighted by Gasteiger charge is -2.08. The summed E-state index contributed by atoms with van der Waals surface area (Å²) in [5.41, 5.74) is 6.48. The quantitative estimate of drug-likeness (QED) is 0.846. The van der Waals surface area contributed by atoms with Crippen LogP contribution in [0.25, 0.3) is 0 Å². The van der Waals surface area contributed by atoms with Crippen LogP contribution in [0.15, 0.2) is 36.5 Å². The van der Waals surface area contributed by atoms with Crippen LogP contribution in [0.1, 0.15) is 10.4 Å². The van der Waals surface area contributed by atoms with Crippen molar-refractivity contribution in [3.8, 4) is 5.75 Å². The number of amides is 1. The summed E-state index contributed by atoms with van der Waals surface area (Å²) < 4.78 is 5.02. The third-order valence-electron chi connectivity index (χ3n) is 2.47. The van der Waals surface area contributed by atoms with E-state index in [1.54, 1.807) is 30.3 Å². The fraction of sp³-hybridized carbons (Fsp3) is 0.0769. The standard InChI is InChI=1S/C13H12ClN3O2/c1-19-9-2-3-10(11(15)7-9)13(18)17-12-6-8(14)4-5-16-12/h2-7H,15H2,1H3,(H,16,17,18). The minimum atomic E-state index is -0.352. The van der Waals surface area contributed by atoms with Gasteiger partial charge >= 0.3 is 0 Å². The van der Waals surface area contributed by atoms with E-state index in [9.17, 15) is 4.79 Å². The SMILES string of the molecule is COc1ccc(C(=O)Nc2cc(Cl)ccn2)c(N)c1. The van der Waals surface area contributed by atoms with Crippen molar-refractivity contribution in [2.24, 2.45) is 0 Å². The molecule has 19 heavy (non-hydrogen) atoms.